The van der Waals surface area contributed by atoms with Crippen molar-refractivity contribution in [3.05, 3.63) is 59.7 Å². The van der Waals surface area contributed by atoms with E-state index in [2.05, 4.69) is 31.2 Å². The van der Waals surface area contributed by atoms with E-state index >= 15 is 0 Å². The lowest BCUT2D eigenvalue weighted by Crippen LogP contribution is -2.48. The molecule has 0 N–H and O–H groups in total. The summed E-state index contributed by atoms with van der Waals surface area (Å²) >= 11 is 0. The van der Waals surface area contributed by atoms with Crippen LogP contribution in [0.3, 0.4) is 0 Å². The number of nitriles is 2. The summed E-state index contributed by atoms with van der Waals surface area (Å²) < 4.78 is 9.97. The molecule has 0 heterocycles. The number of nitrogens with zero attached hydrogens (tertiary/aromatic N) is 2. The minimum atomic E-state index is 0.171. The van der Waals surface area contributed by atoms with E-state index in [0.29, 0.717) is 17.4 Å². The molecule has 4 heteroatoms. The molecule has 2 fully saturated rings. The van der Waals surface area contributed by atoms with E-state index in [1.54, 1.807) is 12.5 Å². The van der Waals surface area contributed by atoms with E-state index < -0.39 is 0 Å². The molecule has 148 valence electrons. The van der Waals surface area contributed by atoms with Crippen LogP contribution in [-0.2, 0) is 10.8 Å². The molecule has 29 heavy (non-hydrogen) atoms. The molecular formula is C25H26N2O2. The van der Waals surface area contributed by atoms with Crippen LogP contribution < -0.4 is 9.47 Å². The highest BCUT2D eigenvalue weighted by Crippen LogP contribution is 2.59. The largest absolute Gasteiger partial charge is 0.388 e. The van der Waals surface area contributed by atoms with E-state index in [9.17, 15) is 0 Å². The Morgan fingerprint density at radius 3 is 1.66 bits per heavy atom. The SMILES string of the molecule is CCC1CC2(c3ccc(OC#N)cc3)CCCC(c3ccc(OC#N)cc3)(C1)C2. The van der Waals surface area contributed by atoms with Crippen molar-refractivity contribution in [3.63, 3.8) is 0 Å². The molecule has 2 aromatic rings. The molecule has 2 bridgehead atoms. The Bertz CT molecular complexity index is 863. The van der Waals surface area contributed by atoms with Crippen molar-refractivity contribution >= 4 is 0 Å². The van der Waals surface area contributed by atoms with Crippen molar-refractivity contribution in [1.29, 1.82) is 10.5 Å². The molecule has 2 aromatic carbocycles. The predicted octanol–water partition coefficient (Wildman–Crippen LogP) is 5.98. The van der Waals surface area contributed by atoms with Gasteiger partial charge >= 0.3 is 0 Å². The van der Waals surface area contributed by atoms with E-state index in [0.717, 1.165) is 6.42 Å². The van der Waals surface area contributed by atoms with Gasteiger partial charge in [0, 0.05) is 0 Å². The lowest BCUT2D eigenvalue weighted by Gasteiger charge is -2.56. The van der Waals surface area contributed by atoms with E-state index in [-0.39, 0.29) is 10.8 Å². The van der Waals surface area contributed by atoms with Crippen molar-refractivity contribution in [2.45, 2.75) is 62.7 Å². The zero-order valence-electron chi connectivity index (χ0n) is 16.9. The maximum absolute atomic E-state index is 8.76. The molecule has 0 amide bonds. The summed E-state index contributed by atoms with van der Waals surface area (Å²) in [4.78, 5) is 0. The first-order valence-corrected chi connectivity index (χ1v) is 10.5. The second-order valence-corrected chi connectivity index (χ2v) is 8.71. The second kappa shape index (κ2) is 7.80. The van der Waals surface area contributed by atoms with Gasteiger partial charge in [-0.15, -0.1) is 10.5 Å². The van der Waals surface area contributed by atoms with Gasteiger partial charge in [0.25, 0.3) is 12.5 Å². The summed E-state index contributed by atoms with van der Waals surface area (Å²) in [5, 5.41) is 17.5. The van der Waals surface area contributed by atoms with Gasteiger partial charge in [-0.3, -0.25) is 0 Å². The van der Waals surface area contributed by atoms with Crippen LogP contribution in [0, 0.1) is 29.0 Å². The Kier molecular flexibility index (Phi) is 5.20. The lowest BCUT2D eigenvalue weighted by atomic mass is 9.48. The average molecular weight is 386 g/mol. The maximum Gasteiger partial charge on any atom is 0.292 e. The highest BCUT2D eigenvalue weighted by atomic mass is 16.5. The van der Waals surface area contributed by atoms with E-state index in [4.69, 9.17) is 20.0 Å². The van der Waals surface area contributed by atoms with Gasteiger partial charge in [0.05, 0.1) is 0 Å². The van der Waals surface area contributed by atoms with Crippen molar-refractivity contribution < 1.29 is 9.47 Å². The lowest BCUT2D eigenvalue weighted by molar-refractivity contribution is 0.0703. The number of rotatable bonds is 5. The number of fused-ring (bicyclic) bond motifs is 2. The zero-order chi connectivity index (χ0) is 20.3. The molecule has 0 aliphatic heterocycles. The highest BCUT2D eigenvalue weighted by molar-refractivity contribution is 5.39. The van der Waals surface area contributed by atoms with Crippen LogP contribution in [0.2, 0.25) is 0 Å². The van der Waals surface area contributed by atoms with E-state index in [1.807, 2.05) is 24.3 Å². The number of ether oxygens (including phenoxy) is 2. The topological polar surface area (TPSA) is 66.0 Å². The van der Waals surface area contributed by atoms with Crippen LogP contribution in [0.25, 0.3) is 0 Å². The second-order valence-electron chi connectivity index (χ2n) is 8.71. The maximum atomic E-state index is 8.76. The molecule has 4 nitrogen and oxygen atoms in total. The molecule has 2 aliphatic carbocycles. The van der Waals surface area contributed by atoms with Crippen molar-refractivity contribution in [2.24, 2.45) is 5.92 Å². The predicted molar refractivity (Wildman–Crippen MR) is 110 cm³/mol. The molecule has 2 unspecified atom stereocenters. The van der Waals surface area contributed by atoms with Gasteiger partial charge in [-0.25, -0.2) is 0 Å². The Hall–Kier alpha value is -2.98. The highest BCUT2D eigenvalue weighted by Gasteiger charge is 2.51. The monoisotopic (exact) mass is 386 g/mol. The normalized spacial score (nSPS) is 28.0. The molecule has 2 saturated carbocycles. The van der Waals surface area contributed by atoms with Gasteiger partial charge < -0.3 is 9.47 Å². The van der Waals surface area contributed by atoms with Gasteiger partial charge in [0.15, 0.2) is 0 Å². The Balaban J connectivity index is 1.70. The quantitative estimate of drug-likeness (QED) is 0.593. The Morgan fingerprint density at radius 1 is 0.828 bits per heavy atom. The average Bonchev–Trinajstić information content (AvgIpc) is 2.75. The van der Waals surface area contributed by atoms with Crippen LogP contribution in [-0.4, -0.2) is 0 Å². The van der Waals surface area contributed by atoms with Gasteiger partial charge in [0.2, 0.25) is 0 Å². The van der Waals surface area contributed by atoms with Crippen LogP contribution in [0.15, 0.2) is 48.5 Å². The van der Waals surface area contributed by atoms with Crippen molar-refractivity contribution in [2.75, 3.05) is 0 Å². The standard InChI is InChI=1S/C25H26N2O2/c1-2-19-14-24(20-4-8-22(9-5-20)28-17-26)12-3-13-25(15-19,16-24)21-6-10-23(11-7-21)29-18-27/h4-11,19H,2-3,12-16H2,1H3. The van der Waals surface area contributed by atoms with Gasteiger partial charge in [0.1, 0.15) is 11.5 Å². The minimum Gasteiger partial charge on any atom is -0.388 e. The third-order valence-corrected chi connectivity index (χ3v) is 7.18. The summed E-state index contributed by atoms with van der Waals surface area (Å²) in [6.07, 6.45) is 11.9. The third-order valence-electron chi connectivity index (χ3n) is 7.18. The fourth-order valence-corrected chi connectivity index (χ4v) is 5.99. The fraction of sp³-hybridized carbons (Fsp3) is 0.440. The van der Waals surface area contributed by atoms with Gasteiger partial charge in [-0.05, 0) is 84.2 Å². The third kappa shape index (κ3) is 3.56. The van der Waals surface area contributed by atoms with Crippen LogP contribution >= 0.6 is 0 Å². The molecule has 2 aliphatic rings. The first-order chi connectivity index (χ1) is 14.1. The first kappa shape index (κ1) is 19.3. The summed E-state index contributed by atoms with van der Waals surface area (Å²) in [6.45, 7) is 2.31. The van der Waals surface area contributed by atoms with Gasteiger partial charge in [-0.1, -0.05) is 44.0 Å². The molecule has 4 rings (SSSR count). The molecule has 0 radical (unpaired) electrons. The van der Waals surface area contributed by atoms with E-state index in [1.165, 1.54) is 49.7 Å². The molecular weight excluding hydrogens is 360 g/mol. The molecule has 0 aromatic heterocycles. The summed E-state index contributed by atoms with van der Waals surface area (Å²) in [5.74, 6) is 1.89. The Labute approximate surface area is 172 Å². The summed E-state index contributed by atoms with van der Waals surface area (Å²) in [7, 11) is 0. The van der Waals surface area contributed by atoms with Crippen LogP contribution in [0.5, 0.6) is 11.5 Å². The number of benzene rings is 2. The van der Waals surface area contributed by atoms with Gasteiger partial charge in [-0.2, -0.15) is 0 Å². The summed E-state index contributed by atoms with van der Waals surface area (Å²) in [5.41, 5.74) is 3.08. The van der Waals surface area contributed by atoms with Crippen LogP contribution in [0.1, 0.15) is 63.0 Å². The van der Waals surface area contributed by atoms with Crippen molar-refractivity contribution in [1.82, 2.24) is 0 Å². The number of hydrogen-bond donors (Lipinski definition) is 0. The first-order valence-electron chi connectivity index (χ1n) is 10.5. The molecule has 0 saturated heterocycles. The van der Waals surface area contributed by atoms with Crippen molar-refractivity contribution in [3.8, 4) is 24.0 Å². The zero-order valence-corrected chi connectivity index (χ0v) is 16.9. The fourth-order valence-electron chi connectivity index (χ4n) is 5.99. The molecule has 0 spiro atoms. The smallest absolute Gasteiger partial charge is 0.292 e. The minimum absolute atomic E-state index is 0.171. The molecule has 2 atom stereocenters. The van der Waals surface area contributed by atoms with Crippen LogP contribution in [0.4, 0.5) is 0 Å². The number of hydrogen-bond acceptors (Lipinski definition) is 4. The summed E-state index contributed by atoms with van der Waals surface area (Å²) in [6, 6.07) is 16.3. The Morgan fingerprint density at radius 2 is 1.28 bits per heavy atom.